The maximum atomic E-state index is 14.6. The van der Waals surface area contributed by atoms with Crippen molar-refractivity contribution >= 4 is 70.1 Å². The van der Waals surface area contributed by atoms with Crippen molar-refractivity contribution in [1.82, 2.24) is 40.2 Å². The van der Waals surface area contributed by atoms with Gasteiger partial charge in [0.05, 0.1) is 17.6 Å². The van der Waals surface area contributed by atoms with Crippen LogP contribution in [0.2, 0.25) is 0 Å². The van der Waals surface area contributed by atoms with Crippen LogP contribution in [0.1, 0.15) is 115 Å². The molecule has 4 heterocycles. The molecule has 5 atom stereocenters. The van der Waals surface area contributed by atoms with Gasteiger partial charge < -0.3 is 36.2 Å². The molecule has 70 heavy (non-hydrogen) atoms. The number of piperidine rings is 1. The zero-order valence-corrected chi connectivity index (χ0v) is 41.0. The first-order chi connectivity index (χ1) is 33.3. The van der Waals surface area contributed by atoms with E-state index in [1.807, 2.05) is 18.2 Å². The molecule has 0 spiro atoms. The van der Waals surface area contributed by atoms with Crippen molar-refractivity contribution in [2.45, 2.75) is 151 Å². The van der Waals surface area contributed by atoms with Crippen LogP contribution in [-0.4, -0.2) is 109 Å². The Bertz CT molecular complexity index is 2580. The van der Waals surface area contributed by atoms with Gasteiger partial charge in [0, 0.05) is 61.3 Å². The van der Waals surface area contributed by atoms with Gasteiger partial charge in [0.25, 0.3) is 4.90 Å². The molecule has 3 aromatic rings. The Balaban J connectivity index is 0.983. The molecule has 1 aliphatic carbocycles. The Morgan fingerprint density at radius 1 is 0.900 bits per heavy atom. The molecular formula is C49H64N9O11S+. The van der Waals surface area contributed by atoms with Crippen molar-refractivity contribution in [2.75, 3.05) is 13.1 Å². The van der Waals surface area contributed by atoms with Crippen molar-refractivity contribution in [3.8, 4) is 0 Å². The summed E-state index contributed by atoms with van der Waals surface area (Å²) >= 11 is 0.343. The Hall–Kier alpha value is -6.51. The molecule has 1 saturated carbocycles. The molecule has 6 N–H and O–H groups in total. The molecule has 4 fully saturated rings. The fourth-order valence-corrected chi connectivity index (χ4v) is 10.6. The van der Waals surface area contributed by atoms with E-state index in [-0.39, 0.29) is 75.2 Å². The van der Waals surface area contributed by atoms with Crippen LogP contribution in [0, 0.1) is 11.8 Å². The number of aromatic nitrogens is 2. The highest BCUT2D eigenvalue weighted by atomic mass is 32.1. The third-order valence-corrected chi connectivity index (χ3v) is 14.5. The molecule has 3 saturated heterocycles. The lowest BCUT2D eigenvalue weighted by molar-refractivity contribution is -0.147. The number of hydrogen-bond acceptors (Lipinski definition) is 11. The molecular weight excluding hydrogens is 923 g/mol. The SMILES string of the molecule is Cn1c(=O)n(C2CCC(=O)NC2=O)c2ccc(CC[C@H]3CC[C@@H](C(=O)N4CC[C@H]5CC[C@@H](C(=O)N[C@@H](CCC(N)=O)C(=O)NCc6ccc([S+]=O)cc6)N5C(=O)[C@@H](NC(=O)OC(C)(C)C)C4)CC3)cc21. The van der Waals surface area contributed by atoms with Crippen LogP contribution in [0.5, 0.6) is 0 Å². The molecule has 3 aliphatic heterocycles. The maximum Gasteiger partial charge on any atom is 0.505 e. The van der Waals surface area contributed by atoms with Crippen LogP contribution >= 0.6 is 0 Å². The summed E-state index contributed by atoms with van der Waals surface area (Å²) in [6.07, 6.45) is 4.91. The number of benzene rings is 2. The largest absolute Gasteiger partial charge is 0.505 e. The number of nitrogens with one attached hydrogen (secondary N) is 4. The minimum absolute atomic E-state index is 0.0885. The van der Waals surface area contributed by atoms with Crippen molar-refractivity contribution in [3.63, 3.8) is 0 Å². The summed E-state index contributed by atoms with van der Waals surface area (Å²) < 4.78 is 19.7. The number of carbonyl (C=O) groups excluding carboxylic acids is 8. The van der Waals surface area contributed by atoms with E-state index in [2.05, 4.69) is 21.3 Å². The number of carbonyl (C=O) groups is 8. The molecule has 1 unspecified atom stereocenters. The second-order valence-electron chi connectivity index (χ2n) is 20.0. The van der Waals surface area contributed by atoms with Gasteiger partial charge >= 0.3 is 23.4 Å². The van der Waals surface area contributed by atoms with Crippen LogP contribution in [0.4, 0.5) is 4.79 Å². The Morgan fingerprint density at radius 2 is 1.61 bits per heavy atom. The van der Waals surface area contributed by atoms with Gasteiger partial charge in [0.15, 0.2) is 0 Å². The quantitative estimate of drug-likeness (QED) is 0.109. The predicted octanol–water partition coefficient (Wildman–Crippen LogP) is 2.40. The summed E-state index contributed by atoms with van der Waals surface area (Å²) in [6, 6.07) is 7.81. The van der Waals surface area contributed by atoms with E-state index in [1.54, 1.807) is 57.0 Å². The summed E-state index contributed by atoms with van der Waals surface area (Å²) in [5, 5.41) is 10.6. The Labute approximate surface area is 409 Å². The molecule has 7 rings (SSSR count). The number of rotatable bonds is 15. The highest BCUT2D eigenvalue weighted by molar-refractivity contribution is 7.65. The number of aryl methyl sites for hydroxylation is 2. The van der Waals surface area contributed by atoms with Crippen molar-refractivity contribution in [1.29, 1.82) is 0 Å². The van der Waals surface area contributed by atoms with Gasteiger partial charge in [-0.1, -0.05) is 18.2 Å². The topological polar surface area (TPSA) is 270 Å². The maximum absolute atomic E-state index is 14.6. The lowest BCUT2D eigenvalue weighted by atomic mass is 9.79. The number of imidazole rings is 1. The van der Waals surface area contributed by atoms with Gasteiger partial charge in [-0.2, -0.15) is 0 Å². The molecule has 4 aliphatic rings. The second-order valence-corrected chi connectivity index (χ2v) is 20.7. The number of hydrogen-bond donors (Lipinski definition) is 5. The van der Waals surface area contributed by atoms with E-state index < -0.39 is 71.4 Å². The minimum atomic E-state index is -1.25. The predicted molar refractivity (Wildman–Crippen MR) is 255 cm³/mol. The third kappa shape index (κ3) is 12.3. The number of nitrogens with zero attached hydrogens (tertiary/aromatic N) is 4. The smallest absolute Gasteiger partial charge is 0.444 e. The number of alkyl carbamates (subject to hydrolysis) is 1. The van der Waals surface area contributed by atoms with Crippen LogP contribution in [0.3, 0.4) is 0 Å². The summed E-state index contributed by atoms with van der Waals surface area (Å²) in [5.74, 6) is -3.25. The molecule has 21 heteroatoms. The number of primary amides is 1. The van der Waals surface area contributed by atoms with E-state index in [4.69, 9.17) is 10.5 Å². The Kier molecular flexibility index (Phi) is 16.2. The average molecular weight is 987 g/mol. The number of imide groups is 1. The third-order valence-electron chi connectivity index (χ3n) is 14.0. The molecule has 1 aromatic heterocycles. The monoisotopic (exact) mass is 986 g/mol. The standard InChI is InChI=1S/C49H63N9O11S/c1-49(2,3)69-47(66)53-35-27-56(24-23-32-14-19-37(57(32)46(35)65)43(62)52-34(17-21-40(50)59)42(61)51-26-30-9-15-33(70-68)16-10-30)45(64)31-12-7-28(8-13-31)5-6-29-11-18-36-39(25-29)55(4)48(67)58(36)38-20-22-41(60)54-44(38)63/h9-11,15-16,18,25,28,31-32,34-35,37-38H,5-8,12-14,17,19-24,26-27H2,1-4H3,(H5-,50,51,52,53,54,59,60,61,62,63,66)/p+1/t28-,31+,32-,34+,35+,37+,38?/m1/s1. The van der Waals surface area contributed by atoms with Crippen molar-refractivity contribution in [2.24, 2.45) is 24.6 Å². The first-order valence-corrected chi connectivity index (χ1v) is 24.9. The van der Waals surface area contributed by atoms with Crippen molar-refractivity contribution in [3.05, 3.63) is 64.1 Å². The lowest BCUT2D eigenvalue weighted by Crippen LogP contribution is -2.62. The van der Waals surface area contributed by atoms with Crippen LogP contribution < -0.4 is 32.7 Å². The molecule has 2 aromatic carbocycles. The molecule has 0 bridgehead atoms. The zero-order chi connectivity index (χ0) is 50.4. The fraction of sp³-hybridized carbons (Fsp3) is 0.571. The summed E-state index contributed by atoms with van der Waals surface area (Å²) in [7, 11) is 1.67. The average Bonchev–Trinajstić information content (AvgIpc) is 3.85. The molecule has 0 radical (unpaired) electrons. The van der Waals surface area contributed by atoms with E-state index in [0.717, 1.165) is 31.2 Å². The van der Waals surface area contributed by atoms with E-state index in [9.17, 15) is 47.4 Å². The minimum Gasteiger partial charge on any atom is -0.444 e. The summed E-state index contributed by atoms with van der Waals surface area (Å²) in [6.45, 7) is 5.30. The molecule has 8 amide bonds. The van der Waals surface area contributed by atoms with Crippen LogP contribution in [0.15, 0.2) is 52.2 Å². The van der Waals surface area contributed by atoms with Gasteiger partial charge in [-0.05, 0) is 121 Å². The number of fused-ring (bicyclic) bond motifs is 2. The van der Waals surface area contributed by atoms with E-state index in [1.165, 1.54) is 14.0 Å². The number of amides is 8. The lowest BCUT2D eigenvalue weighted by Gasteiger charge is -2.40. The van der Waals surface area contributed by atoms with Gasteiger partial charge in [0.2, 0.25) is 41.4 Å². The van der Waals surface area contributed by atoms with Gasteiger partial charge in [-0.3, -0.25) is 48.0 Å². The van der Waals surface area contributed by atoms with E-state index >= 15 is 0 Å². The fourth-order valence-electron chi connectivity index (χ4n) is 10.3. The van der Waals surface area contributed by atoms with Crippen molar-refractivity contribution < 1.29 is 47.3 Å². The number of ether oxygens (including phenoxy) is 1. The molecule has 376 valence electrons. The highest BCUT2D eigenvalue weighted by Crippen LogP contribution is 2.35. The van der Waals surface area contributed by atoms with Gasteiger partial charge in [-0.15, -0.1) is 0 Å². The highest BCUT2D eigenvalue weighted by Gasteiger charge is 2.47. The van der Waals surface area contributed by atoms with E-state index in [0.29, 0.717) is 64.8 Å². The Morgan fingerprint density at radius 3 is 2.29 bits per heavy atom. The zero-order valence-electron chi connectivity index (χ0n) is 40.2. The summed E-state index contributed by atoms with van der Waals surface area (Å²) in [5.41, 5.74) is 7.29. The van der Waals surface area contributed by atoms with Gasteiger partial charge in [0.1, 0.15) is 29.8 Å². The van der Waals surface area contributed by atoms with Crippen LogP contribution in [-0.2, 0) is 74.2 Å². The summed E-state index contributed by atoms with van der Waals surface area (Å²) in [4.78, 5) is 123. The van der Waals surface area contributed by atoms with Crippen LogP contribution in [0.25, 0.3) is 11.0 Å². The first kappa shape index (κ1) is 51.3. The molecule has 20 nitrogen and oxygen atoms in total. The number of nitrogens with two attached hydrogens (primary N) is 1. The second kappa shape index (κ2) is 22.1. The first-order valence-electron chi connectivity index (χ1n) is 24.2. The van der Waals surface area contributed by atoms with Gasteiger partial charge in [-0.25, -0.2) is 9.59 Å². The normalized spacial score (nSPS) is 23.3.